The fourth-order valence-electron chi connectivity index (χ4n) is 2.39. The van der Waals surface area contributed by atoms with Crippen molar-refractivity contribution in [3.63, 3.8) is 0 Å². The summed E-state index contributed by atoms with van der Waals surface area (Å²) in [6, 6.07) is 20.2. The Hall–Kier alpha value is -3.80. The number of hydrogen-bond acceptors (Lipinski definition) is 5. The Morgan fingerprint density at radius 1 is 0.815 bits per heavy atom. The molecule has 27 heavy (non-hydrogen) atoms. The predicted molar refractivity (Wildman–Crippen MR) is 101 cm³/mol. The average molecular weight is 363 g/mol. The van der Waals surface area contributed by atoms with Crippen molar-refractivity contribution in [3.8, 4) is 22.6 Å². The molecule has 0 spiro atoms. The fraction of sp³-hybridized carbons (Fsp3) is 0.0476. The SMILES string of the molecule is COC(=O)Nc1ccc(OC(=O)c2ccc(-c3ccc(O)cc3)cc2)cc1. The van der Waals surface area contributed by atoms with E-state index in [2.05, 4.69) is 10.1 Å². The molecule has 6 heteroatoms. The summed E-state index contributed by atoms with van der Waals surface area (Å²) in [5.74, 6) is 0.0747. The van der Waals surface area contributed by atoms with Crippen molar-refractivity contribution in [1.82, 2.24) is 0 Å². The van der Waals surface area contributed by atoms with Crippen molar-refractivity contribution in [2.24, 2.45) is 0 Å². The zero-order valence-corrected chi connectivity index (χ0v) is 14.5. The maximum atomic E-state index is 12.3. The van der Waals surface area contributed by atoms with E-state index in [1.54, 1.807) is 60.7 Å². The molecule has 0 atom stereocenters. The van der Waals surface area contributed by atoms with E-state index in [9.17, 15) is 14.7 Å². The molecule has 136 valence electrons. The van der Waals surface area contributed by atoms with E-state index < -0.39 is 12.1 Å². The van der Waals surface area contributed by atoms with E-state index in [-0.39, 0.29) is 5.75 Å². The van der Waals surface area contributed by atoms with E-state index in [1.165, 1.54) is 7.11 Å². The highest BCUT2D eigenvalue weighted by Gasteiger charge is 2.09. The summed E-state index contributed by atoms with van der Waals surface area (Å²) in [6.07, 6.45) is -0.575. The molecule has 0 aromatic heterocycles. The lowest BCUT2D eigenvalue weighted by molar-refractivity contribution is 0.0734. The van der Waals surface area contributed by atoms with E-state index in [0.717, 1.165) is 11.1 Å². The monoisotopic (exact) mass is 363 g/mol. The summed E-state index contributed by atoms with van der Waals surface area (Å²) in [5.41, 5.74) is 2.79. The van der Waals surface area contributed by atoms with Crippen molar-refractivity contribution in [2.45, 2.75) is 0 Å². The van der Waals surface area contributed by atoms with Crippen LogP contribution in [0.3, 0.4) is 0 Å². The van der Waals surface area contributed by atoms with Gasteiger partial charge in [0.2, 0.25) is 0 Å². The Balaban J connectivity index is 1.65. The number of esters is 1. The van der Waals surface area contributed by atoms with Crippen molar-refractivity contribution in [2.75, 3.05) is 12.4 Å². The lowest BCUT2D eigenvalue weighted by atomic mass is 10.0. The third-order valence-corrected chi connectivity index (χ3v) is 3.82. The highest BCUT2D eigenvalue weighted by Crippen LogP contribution is 2.23. The largest absolute Gasteiger partial charge is 0.508 e. The van der Waals surface area contributed by atoms with Crippen molar-refractivity contribution in [1.29, 1.82) is 0 Å². The Kier molecular flexibility index (Phi) is 5.37. The van der Waals surface area contributed by atoms with Gasteiger partial charge >= 0.3 is 12.1 Å². The number of carbonyl (C=O) groups excluding carboxylic acids is 2. The van der Waals surface area contributed by atoms with Crippen molar-refractivity contribution in [3.05, 3.63) is 78.4 Å². The molecule has 3 aromatic carbocycles. The minimum absolute atomic E-state index is 0.201. The number of anilines is 1. The van der Waals surface area contributed by atoms with Crippen LogP contribution in [0.4, 0.5) is 10.5 Å². The first-order valence-corrected chi connectivity index (χ1v) is 8.12. The summed E-state index contributed by atoms with van der Waals surface area (Å²) < 4.78 is 9.84. The lowest BCUT2D eigenvalue weighted by Gasteiger charge is -2.07. The first-order valence-electron chi connectivity index (χ1n) is 8.12. The molecular formula is C21H17NO5. The lowest BCUT2D eigenvalue weighted by Crippen LogP contribution is -2.11. The summed E-state index contributed by atoms with van der Waals surface area (Å²) in [6.45, 7) is 0. The zero-order chi connectivity index (χ0) is 19.2. The van der Waals surface area contributed by atoms with E-state index in [1.807, 2.05) is 12.1 Å². The first kappa shape index (κ1) is 18.0. The van der Waals surface area contributed by atoms with Gasteiger partial charge in [0.25, 0.3) is 0 Å². The zero-order valence-electron chi connectivity index (χ0n) is 14.5. The van der Waals surface area contributed by atoms with Crippen LogP contribution in [-0.2, 0) is 4.74 Å². The number of rotatable bonds is 4. The maximum absolute atomic E-state index is 12.3. The molecule has 0 aliphatic carbocycles. The number of amides is 1. The molecule has 6 nitrogen and oxygen atoms in total. The van der Waals surface area contributed by atoms with Gasteiger partial charge in [-0.3, -0.25) is 5.32 Å². The second kappa shape index (κ2) is 8.05. The number of benzene rings is 3. The van der Waals surface area contributed by atoms with Gasteiger partial charge in [-0.2, -0.15) is 0 Å². The molecule has 3 aromatic rings. The number of ether oxygens (including phenoxy) is 2. The molecule has 3 rings (SSSR count). The van der Waals surface area contributed by atoms with E-state index >= 15 is 0 Å². The van der Waals surface area contributed by atoms with Crippen molar-refractivity contribution < 1.29 is 24.2 Å². The molecule has 0 aliphatic heterocycles. The number of phenols is 1. The Morgan fingerprint density at radius 3 is 1.93 bits per heavy atom. The third-order valence-electron chi connectivity index (χ3n) is 3.82. The Labute approximate surface area is 156 Å². The highest BCUT2D eigenvalue weighted by atomic mass is 16.5. The molecule has 0 aliphatic rings. The first-order chi connectivity index (χ1) is 13.0. The van der Waals surface area contributed by atoms with Gasteiger partial charge < -0.3 is 14.6 Å². The van der Waals surface area contributed by atoms with Crippen LogP contribution in [0, 0.1) is 0 Å². The van der Waals surface area contributed by atoms with E-state index in [4.69, 9.17) is 4.74 Å². The van der Waals surface area contributed by atoms with Gasteiger partial charge in [0.05, 0.1) is 12.7 Å². The molecule has 0 unspecified atom stereocenters. The van der Waals surface area contributed by atoms with Gasteiger partial charge in [-0.25, -0.2) is 9.59 Å². The number of hydrogen-bond donors (Lipinski definition) is 2. The quantitative estimate of drug-likeness (QED) is 0.528. The smallest absolute Gasteiger partial charge is 0.411 e. The molecule has 0 fully saturated rings. The molecule has 0 saturated carbocycles. The van der Waals surface area contributed by atoms with Crippen LogP contribution >= 0.6 is 0 Å². The third kappa shape index (κ3) is 4.64. The number of aromatic hydroxyl groups is 1. The average Bonchev–Trinajstić information content (AvgIpc) is 2.70. The summed E-state index contributed by atoms with van der Waals surface area (Å²) in [7, 11) is 1.28. The van der Waals surface area contributed by atoms with Crippen LogP contribution in [0.15, 0.2) is 72.8 Å². The van der Waals surface area contributed by atoms with Crippen LogP contribution in [0.25, 0.3) is 11.1 Å². The van der Waals surface area contributed by atoms with Crippen LogP contribution in [0.5, 0.6) is 11.5 Å². The normalized spacial score (nSPS) is 10.1. The van der Waals surface area contributed by atoms with Crippen LogP contribution < -0.4 is 10.1 Å². The van der Waals surface area contributed by atoms with Gasteiger partial charge in [0, 0.05) is 5.69 Å². The second-order valence-corrected chi connectivity index (χ2v) is 5.65. The fourth-order valence-corrected chi connectivity index (χ4v) is 2.39. The number of nitrogens with one attached hydrogen (secondary N) is 1. The van der Waals surface area contributed by atoms with Crippen LogP contribution in [-0.4, -0.2) is 24.3 Å². The summed E-state index contributed by atoms with van der Waals surface area (Å²) in [4.78, 5) is 23.4. The molecule has 2 N–H and O–H groups in total. The summed E-state index contributed by atoms with van der Waals surface area (Å²) >= 11 is 0. The highest BCUT2D eigenvalue weighted by molar-refractivity contribution is 5.92. The van der Waals surface area contributed by atoms with Gasteiger partial charge in [0.1, 0.15) is 11.5 Å². The standard InChI is InChI=1S/C21H17NO5/c1-26-21(25)22-17-8-12-19(13-9-17)27-20(24)16-4-2-14(3-5-16)15-6-10-18(23)11-7-15/h2-13,23H,1H3,(H,22,25). The number of carbonyl (C=O) groups is 2. The summed E-state index contributed by atoms with van der Waals surface area (Å²) in [5, 5.41) is 11.9. The maximum Gasteiger partial charge on any atom is 0.411 e. The van der Waals surface area contributed by atoms with Crippen molar-refractivity contribution >= 4 is 17.7 Å². The van der Waals surface area contributed by atoms with E-state index in [0.29, 0.717) is 17.0 Å². The topological polar surface area (TPSA) is 84.9 Å². The van der Waals surface area contributed by atoms with Crippen LogP contribution in [0.2, 0.25) is 0 Å². The second-order valence-electron chi connectivity index (χ2n) is 5.65. The molecular weight excluding hydrogens is 346 g/mol. The predicted octanol–water partition coefficient (Wildman–Crippen LogP) is 4.46. The van der Waals surface area contributed by atoms with Crippen LogP contribution in [0.1, 0.15) is 10.4 Å². The van der Waals surface area contributed by atoms with Gasteiger partial charge in [0.15, 0.2) is 0 Å². The number of methoxy groups -OCH3 is 1. The number of phenolic OH excluding ortho intramolecular Hbond substituents is 1. The van der Waals surface area contributed by atoms with Gasteiger partial charge in [-0.15, -0.1) is 0 Å². The minimum atomic E-state index is -0.575. The molecule has 0 radical (unpaired) electrons. The Morgan fingerprint density at radius 2 is 1.37 bits per heavy atom. The minimum Gasteiger partial charge on any atom is -0.508 e. The molecule has 0 bridgehead atoms. The molecule has 1 amide bonds. The molecule has 0 saturated heterocycles. The molecule has 0 heterocycles. The van der Waals surface area contributed by atoms with Gasteiger partial charge in [-0.05, 0) is 59.7 Å². The van der Waals surface area contributed by atoms with Gasteiger partial charge in [-0.1, -0.05) is 24.3 Å². The Bertz CT molecular complexity index is 932.